The number of hydrogen-bond donors (Lipinski definition) is 2. The first-order valence-electron chi connectivity index (χ1n) is 12.5. The Bertz CT molecular complexity index is 1310. The third-order valence-electron chi connectivity index (χ3n) is 5.69. The standard InChI is InChI=1S/C28H29N7O3/c1-2-36-24-15-13-23(14-16-24)35(19-17-25-31-33-27(37-25)29-21-9-5-3-6-10-21)20-18-26-32-34-28(38-26)30-22-11-7-4-8-12-22/h3-16H,2,17-20H2,1H3,(H,29,33)(H,30,34). The van der Waals surface area contributed by atoms with Gasteiger partial charge < -0.3 is 29.1 Å². The lowest BCUT2D eigenvalue weighted by molar-refractivity contribution is 0.340. The highest BCUT2D eigenvalue weighted by Gasteiger charge is 2.14. The molecule has 10 heteroatoms. The summed E-state index contributed by atoms with van der Waals surface area (Å²) in [6.07, 6.45) is 1.14. The Labute approximate surface area is 220 Å². The normalized spacial score (nSPS) is 10.8. The minimum absolute atomic E-state index is 0.364. The second-order valence-corrected chi connectivity index (χ2v) is 8.40. The maximum Gasteiger partial charge on any atom is 0.320 e. The minimum Gasteiger partial charge on any atom is -0.494 e. The molecule has 5 aromatic rings. The maximum atomic E-state index is 5.82. The zero-order chi connectivity index (χ0) is 26.0. The van der Waals surface area contributed by atoms with Crippen molar-refractivity contribution in [3.63, 3.8) is 0 Å². The Morgan fingerprint density at radius 2 is 1.16 bits per heavy atom. The first-order valence-corrected chi connectivity index (χ1v) is 12.5. The lowest BCUT2D eigenvalue weighted by Gasteiger charge is -2.24. The van der Waals surface area contributed by atoms with Gasteiger partial charge in [0.25, 0.3) is 0 Å². The van der Waals surface area contributed by atoms with Crippen LogP contribution >= 0.6 is 0 Å². The highest BCUT2D eigenvalue weighted by Crippen LogP contribution is 2.22. The van der Waals surface area contributed by atoms with Gasteiger partial charge in [0.1, 0.15) is 5.75 Å². The van der Waals surface area contributed by atoms with E-state index in [9.17, 15) is 0 Å². The largest absolute Gasteiger partial charge is 0.494 e. The van der Waals surface area contributed by atoms with Crippen molar-refractivity contribution < 1.29 is 13.6 Å². The molecule has 0 aliphatic rings. The van der Waals surface area contributed by atoms with E-state index in [1.165, 1.54) is 0 Å². The number of anilines is 5. The fraction of sp³-hybridized carbons (Fsp3) is 0.214. The van der Waals surface area contributed by atoms with Crippen LogP contribution in [0.5, 0.6) is 5.75 Å². The molecule has 3 aromatic carbocycles. The van der Waals surface area contributed by atoms with Crippen LogP contribution in [-0.4, -0.2) is 40.1 Å². The van der Waals surface area contributed by atoms with Crippen LogP contribution in [0.1, 0.15) is 18.7 Å². The van der Waals surface area contributed by atoms with Crippen molar-refractivity contribution in [2.24, 2.45) is 0 Å². The highest BCUT2D eigenvalue weighted by molar-refractivity contribution is 5.52. The van der Waals surface area contributed by atoms with Crippen molar-refractivity contribution in [3.8, 4) is 5.75 Å². The van der Waals surface area contributed by atoms with Crippen molar-refractivity contribution in [1.29, 1.82) is 0 Å². The Morgan fingerprint density at radius 1 is 0.658 bits per heavy atom. The highest BCUT2D eigenvalue weighted by atomic mass is 16.5. The number of aromatic nitrogens is 4. The minimum atomic E-state index is 0.364. The lowest BCUT2D eigenvalue weighted by Crippen LogP contribution is -2.28. The Balaban J connectivity index is 1.23. The quantitative estimate of drug-likeness (QED) is 0.206. The summed E-state index contributed by atoms with van der Waals surface area (Å²) in [7, 11) is 0. The summed E-state index contributed by atoms with van der Waals surface area (Å²) in [5, 5.41) is 22.9. The van der Waals surface area contributed by atoms with Crippen LogP contribution in [0.4, 0.5) is 29.1 Å². The third-order valence-corrected chi connectivity index (χ3v) is 5.69. The second kappa shape index (κ2) is 12.4. The lowest BCUT2D eigenvalue weighted by atomic mass is 10.2. The van der Waals surface area contributed by atoms with Gasteiger partial charge in [-0.1, -0.05) is 46.6 Å². The van der Waals surface area contributed by atoms with Crippen molar-refractivity contribution in [2.45, 2.75) is 19.8 Å². The summed E-state index contributed by atoms with van der Waals surface area (Å²) in [5.41, 5.74) is 2.82. The molecule has 0 saturated carbocycles. The molecule has 10 nitrogen and oxygen atoms in total. The smallest absolute Gasteiger partial charge is 0.320 e. The van der Waals surface area contributed by atoms with Gasteiger partial charge >= 0.3 is 12.0 Å². The summed E-state index contributed by atoms with van der Waals surface area (Å²) in [4.78, 5) is 2.22. The number of hydrogen-bond acceptors (Lipinski definition) is 10. The molecule has 38 heavy (non-hydrogen) atoms. The average molecular weight is 512 g/mol. The molecule has 0 amide bonds. The monoisotopic (exact) mass is 511 g/mol. The molecule has 0 aliphatic carbocycles. The molecular weight excluding hydrogens is 482 g/mol. The molecule has 0 radical (unpaired) electrons. The molecule has 2 heterocycles. The van der Waals surface area contributed by atoms with Gasteiger partial charge in [-0.15, -0.1) is 10.2 Å². The number of rotatable bonds is 13. The predicted octanol–water partition coefficient (Wildman–Crippen LogP) is 5.63. The molecule has 2 aromatic heterocycles. The Kier molecular flexibility index (Phi) is 8.10. The second-order valence-electron chi connectivity index (χ2n) is 8.40. The number of nitrogens with one attached hydrogen (secondary N) is 2. The maximum absolute atomic E-state index is 5.82. The van der Waals surface area contributed by atoms with Crippen molar-refractivity contribution in [1.82, 2.24) is 20.4 Å². The Hall–Kier alpha value is -4.86. The van der Waals surface area contributed by atoms with E-state index < -0.39 is 0 Å². The van der Waals surface area contributed by atoms with Crippen LogP contribution < -0.4 is 20.3 Å². The summed E-state index contributed by atoms with van der Waals surface area (Å²) >= 11 is 0. The van der Waals surface area contributed by atoms with Gasteiger partial charge in [0.05, 0.1) is 6.61 Å². The molecule has 0 bridgehead atoms. The van der Waals surface area contributed by atoms with Gasteiger partial charge in [0.2, 0.25) is 11.8 Å². The SMILES string of the molecule is CCOc1ccc(N(CCc2nnc(Nc3ccccc3)o2)CCc2nnc(Nc3ccccc3)o2)cc1. The summed E-state index contributed by atoms with van der Waals surface area (Å²) in [5.74, 6) is 1.93. The van der Waals surface area contributed by atoms with E-state index in [0.717, 1.165) is 22.8 Å². The summed E-state index contributed by atoms with van der Waals surface area (Å²) < 4.78 is 17.2. The van der Waals surface area contributed by atoms with E-state index in [1.807, 2.05) is 91.9 Å². The van der Waals surface area contributed by atoms with Crippen LogP contribution in [0.3, 0.4) is 0 Å². The van der Waals surface area contributed by atoms with Crippen molar-refractivity contribution in [3.05, 3.63) is 96.7 Å². The van der Waals surface area contributed by atoms with E-state index >= 15 is 0 Å². The van der Waals surface area contributed by atoms with E-state index in [4.69, 9.17) is 13.6 Å². The van der Waals surface area contributed by atoms with Gasteiger partial charge in [0.15, 0.2) is 0 Å². The fourth-order valence-electron chi connectivity index (χ4n) is 3.85. The van der Waals surface area contributed by atoms with Crippen LogP contribution in [0.15, 0.2) is 93.8 Å². The van der Waals surface area contributed by atoms with Gasteiger partial charge in [-0.25, -0.2) is 0 Å². The van der Waals surface area contributed by atoms with Crippen LogP contribution in [0.25, 0.3) is 0 Å². The molecule has 2 N–H and O–H groups in total. The number of nitrogens with zero attached hydrogens (tertiary/aromatic N) is 5. The fourth-order valence-corrected chi connectivity index (χ4v) is 3.85. The average Bonchev–Trinajstić information content (AvgIpc) is 3.60. The topological polar surface area (TPSA) is 114 Å². The molecular formula is C28H29N7O3. The molecule has 0 spiro atoms. The van der Waals surface area contributed by atoms with Crippen LogP contribution in [0.2, 0.25) is 0 Å². The number of para-hydroxylation sites is 2. The van der Waals surface area contributed by atoms with E-state index in [1.54, 1.807) is 0 Å². The molecule has 0 saturated heterocycles. The number of benzene rings is 3. The van der Waals surface area contributed by atoms with Gasteiger partial charge in [0, 0.05) is 43.0 Å². The summed E-state index contributed by atoms with van der Waals surface area (Å²) in [6.45, 7) is 3.90. The molecule has 0 aliphatic heterocycles. The van der Waals surface area contributed by atoms with E-state index in [0.29, 0.717) is 56.3 Å². The molecule has 5 rings (SSSR count). The number of ether oxygens (including phenoxy) is 1. The van der Waals surface area contributed by atoms with Crippen molar-refractivity contribution >= 4 is 29.1 Å². The molecule has 194 valence electrons. The first-order chi connectivity index (χ1) is 18.7. The zero-order valence-corrected chi connectivity index (χ0v) is 21.1. The van der Waals surface area contributed by atoms with E-state index in [-0.39, 0.29) is 0 Å². The molecule has 0 unspecified atom stereocenters. The Morgan fingerprint density at radius 3 is 1.63 bits per heavy atom. The van der Waals surface area contributed by atoms with Gasteiger partial charge in [-0.3, -0.25) is 0 Å². The van der Waals surface area contributed by atoms with Crippen molar-refractivity contribution in [2.75, 3.05) is 35.2 Å². The summed E-state index contributed by atoms with van der Waals surface area (Å²) in [6, 6.07) is 28.2. The first kappa shape index (κ1) is 24.8. The van der Waals surface area contributed by atoms with Gasteiger partial charge in [-0.2, -0.15) is 0 Å². The molecule has 0 atom stereocenters. The zero-order valence-electron chi connectivity index (χ0n) is 21.1. The van der Waals surface area contributed by atoms with Crippen LogP contribution in [0, 0.1) is 0 Å². The van der Waals surface area contributed by atoms with Crippen LogP contribution in [-0.2, 0) is 12.8 Å². The van der Waals surface area contributed by atoms with E-state index in [2.05, 4.69) is 35.9 Å². The molecule has 0 fully saturated rings. The third kappa shape index (κ3) is 6.88. The van der Waals surface area contributed by atoms with Gasteiger partial charge in [-0.05, 0) is 55.5 Å². The predicted molar refractivity (Wildman–Crippen MR) is 145 cm³/mol.